The number of fused-ring (bicyclic) bond motifs is 1. The molecule has 0 atom stereocenters. The third kappa shape index (κ3) is 2.73. The largest absolute Gasteiger partial charge is 0.333 e. The number of Topliss-reactive ketones (excluding diaryl/α,β-unsaturated/α-hetero) is 1. The molecular formula is C14H13Cl2N3O. The van der Waals surface area contributed by atoms with E-state index in [2.05, 4.69) is 14.5 Å². The van der Waals surface area contributed by atoms with Gasteiger partial charge in [0.05, 0.1) is 23.1 Å². The summed E-state index contributed by atoms with van der Waals surface area (Å²) in [5.74, 6) is 1.04. The highest BCUT2D eigenvalue weighted by Crippen LogP contribution is 2.23. The quantitative estimate of drug-likeness (QED) is 0.818. The van der Waals surface area contributed by atoms with Gasteiger partial charge in [-0.3, -0.25) is 9.69 Å². The van der Waals surface area contributed by atoms with E-state index in [4.69, 9.17) is 23.2 Å². The van der Waals surface area contributed by atoms with Gasteiger partial charge in [-0.1, -0.05) is 23.2 Å². The lowest BCUT2D eigenvalue weighted by atomic mass is 10.1. The van der Waals surface area contributed by atoms with Gasteiger partial charge in [-0.2, -0.15) is 0 Å². The summed E-state index contributed by atoms with van der Waals surface area (Å²) in [5, 5.41) is 0.870. The van der Waals surface area contributed by atoms with Crippen LogP contribution in [0.5, 0.6) is 0 Å². The van der Waals surface area contributed by atoms with Crippen molar-refractivity contribution >= 4 is 29.0 Å². The molecule has 3 rings (SSSR count). The van der Waals surface area contributed by atoms with Gasteiger partial charge in [-0.25, -0.2) is 4.98 Å². The van der Waals surface area contributed by atoms with E-state index in [1.165, 1.54) is 0 Å². The van der Waals surface area contributed by atoms with Crippen molar-refractivity contribution < 1.29 is 4.79 Å². The molecule has 6 heteroatoms. The number of rotatable bonds is 3. The Bertz CT molecular complexity index is 654. The molecule has 0 N–H and O–H groups in total. The van der Waals surface area contributed by atoms with Crippen molar-refractivity contribution in [3.05, 3.63) is 52.0 Å². The monoisotopic (exact) mass is 309 g/mol. The van der Waals surface area contributed by atoms with E-state index in [1.807, 2.05) is 6.20 Å². The van der Waals surface area contributed by atoms with Crippen LogP contribution in [-0.2, 0) is 13.1 Å². The first-order valence-electron chi connectivity index (χ1n) is 6.34. The van der Waals surface area contributed by atoms with Crippen molar-refractivity contribution in [2.24, 2.45) is 0 Å². The predicted molar refractivity (Wildman–Crippen MR) is 78.3 cm³/mol. The number of nitrogens with zero attached hydrogens (tertiary/aromatic N) is 3. The van der Waals surface area contributed by atoms with Gasteiger partial charge in [0.1, 0.15) is 5.82 Å². The first-order chi connectivity index (χ1) is 9.63. The first-order valence-corrected chi connectivity index (χ1v) is 7.10. The van der Waals surface area contributed by atoms with Gasteiger partial charge in [0.25, 0.3) is 0 Å². The fourth-order valence-electron chi connectivity index (χ4n) is 2.32. The van der Waals surface area contributed by atoms with Gasteiger partial charge < -0.3 is 4.57 Å². The second-order valence-electron chi connectivity index (χ2n) is 4.80. The van der Waals surface area contributed by atoms with Crippen LogP contribution in [-0.4, -0.2) is 33.3 Å². The second-order valence-corrected chi connectivity index (χ2v) is 5.61. The summed E-state index contributed by atoms with van der Waals surface area (Å²) >= 11 is 11.8. The van der Waals surface area contributed by atoms with Crippen LogP contribution in [0, 0.1) is 0 Å². The maximum Gasteiger partial charge on any atom is 0.176 e. The van der Waals surface area contributed by atoms with Crippen LogP contribution in [0.2, 0.25) is 10.0 Å². The molecule has 0 saturated heterocycles. The topological polar surface area (TPSA) is 38.1 Å². The summed E-state index contributed by atoms with van der Waals surface area (Å²) in [6.45, 7) is 2.77. The van der Waals surface area contributed by atoms with Gasteiger partial charge >= 0.3 is 0 Å². The van der Waals surface area contributed by atoms with E-state index < -0.39 is 0 Å². The first kappa shape index (κ1) is 13.6. The van der Waals surface area contributed by atoms with Crippen LogP contribution in [0.1, 0.15) is 16.2 Å². The molecule has 1 aliphatic heterocycles. The SMILES string of the molecule is O=C(CN1CCn2ccnc2C1)c1ccc(Cl)c(Cl)c1. The maximum atomic E-state index is 12.3. The Balaban J connectivity index is 1.69. The highest BCUT2D eigenvalue weighted by atomic mass is 35.5. The molecule has 2 aromatic rings. The van der Waals surface area contributed by atoms with E-state index >= 15 is 0 Å². The standard InChI is InChI=1S/C14H13Cl2N3O/c15-11-2-1-10(7-12(11)16)13(20)8-18-5-6-19-4-3-17-14(19)9-18/h1-4,7H,5-6,8-9H2. The summed E-state index contributed by atoms with van der Waals surface area (Å²) in [4.78, 5) is 18.6. The van der Waals surface area contributed by atoms with E-state index in [0.717, 1.165) is 18.9 Å². The molecule has 104 valence electrons. The molecule has 0 fully saturated rings. The van der Waals surface area contributed by atoms with Crippen molar-refractivity contribution in [2.45, 2.75) is 13.1 Å². The fourth-order valence-corrected chi connectivity index (χ4v) is 2.62. The average molecular weight is 310 g/mol. The lowest BCUT2D eigenvalue weighted by Gasteiger charge is -2.26. The van der Waals surface area contributed by atoms with E-state index in [9.17, 15) is 4.79 Å². The third-order valence-electron chi connectivity index (χ3n) is 3.43. The number of imidazole rings is 1. The number of hydrogen-bond acceptors (Lipinski definition) is 3. The molecule has 1 aromatic heterocycles. The van der Waals surface area contributed by atoms with Gasteiger partial charge in [-0.15, -0.1) is 0 Å². The summed E-state index contributed by atoms with van der Waals surface area (Å²) in [7, 11) is 0. The molecule has 1 aliphatic rings. The number of hydrogen-bond donors (Lipinski definition) is 0. The van der Waals surface area contributed by atoms with Gasteiger partial charge in [0, 0.05) is 31.0 Å². The highest BCUT2D eigenvalue weighted by Gasteiger charge is 2.19. The minimum Gasteiger partial charge on any atom is -0.333 e. The van der Waals surface area contributed by atoms with Crippen LogP contribution in [0.25, 0.3) is 0 Å². The van der Waals surface area contributed by atoms with Crippen molar-refractivity contribution in [1.29, 1.82) is 0 Å². The molecule has 20 heavy (non-hydrogen) atoms. The summed E-state index contributed by atoms with van der Waals surface area (Å²) < 4.78 is 2.11. The van der Waals surface area contributed by atoms with Crippen LogP contribution in [0.3, 0.4) is 0 Å². The van der Waals surface area contributed by atoms with E-state index in [-0.39, 0.29) is 5.78 Å². The number of carbonyl (C=O) groups is 1. The molecule has 0 radical (unpaired) electrons. The van der Waals surface area contributed by atoms with Gasteiger partial charge in [-0.05, 0) is 18.2 Å². The molecule has 0 aliphatic carbocycles. The number of halogens is 2. The zero-order chi connectivity index (χ0) is 14.1. The maximum absolute atomic E-state index is 12.3. The molecule has 4 nitrogen and oxygen atoms in total. The Morgan fingerprint density at radius 2 is 2.10 bits per heavy atom. The lowest BCUT2D eigenvalue weighted by molar-refractivity contribution is 0.0908. The number of benzene rings is 1. The number of ketones is 1. The molecule has 0 unspecified atom stereocenters. The fraction of sp³-hybridized carbons (Fsp3) is 0.286. The Morgan fingerprint density at radius 1 is 1.25 bits per heavy atom. The van der Waals surface area contributed by atoms with Crippen LogP contribution in [0.4, 0.5) is 0 Å². The molecule has 2 heterocycles. The van der Waals surface area contributed by atoms with Crippen molar-refractivity contribution in [2.75, 3.05) is 13.1 Å². The Kier molecular flexibility index (Phi) is 3.78. The second kappa shape index (κ2) is 5.56. The van der Waals surface area contributed by atoms with Gasteiger partial charge in [0.15, 0.2) is 5.78 Å². The Morgan fingerprint density at radius 3 is 2.90 bits per heavy atom. The van der Waals surface area contributed by atoms with E-state index in [0.29, 0.717) is 28.7 Å². The van der Waals surface area contributed by atoms with Crippen molar-refractivity contribution in [3.63, 3.8) is 0 Å². The van der Waals surface area contributed by atoms with Crippen LogP contribution in [0.15, 0.2) is 30.6 Å². The molecule has 0 bridgehead atoms. The highest BCUT2D eigenvalue weighted by molar-refractivity contribution is 6.42. The predicted octanol–water partition coefficient (Wildman–Crippen LogP) is 2.89. The van der Waals surface area contributed by atoms with Gasteiger partial charge in [0.2, 0.25) is 0 Å². The average Bonchev–Trinajstić information content (AvgIpc) is 2.89. The number of carbonyl (C=O) groups excluding carboxylic acids is 1. The smallest absolute Gasteiger partial charge is 0.176 e. The minimum atomic E-state index is 0.0450. The summed E-state index contributed by atoms with van der Waals surface area (Å²) in [5.41, 5.74) is 0.591. The molecule has 1 aromatic carbocycles. The van der Waals surface area contributed by atoms with Crippen molar-refractivity contribution in [3.8, 4) is 0 Å². The minimum absolute atomic E-state index is 0.0450. The summed E-state index contributed by atoms with van der Waals surface area (Å²) in [6, 6.07) is 4.98. The normalized spacial score (nSPS) is 15.1. The lowest BCUT2D eigenvalue weighted by Crippen LogP contribution is -2.37. The molecule has 0 spiro atoms. The summed E-state index contributed by atoms with van der Waals surface area (Å²) in [6.07, 6.45) is 3.76. The van der Waals surface area contributed by atoms with Crippen LogP contribution >= 0.6 is 23.2 Å². The Labute approximate surface area is 126 Å². The molecule has 0 amide bonds. The zero-order valence-corrected chi connectivity index (χ0v) is 12.2. The van der Waals surface area contributed by atoms with Crippen molar-refractivity contribution in [1.82, 2.24) is 14.5 Å². The van der Waals surface area contributed by atoms with Crippen LogP contribution < -0.4 is 0 Å². The number of aromatic nitrogens is 2. The molecule has 0 saturated carbocycles. The Hall–Kier alpha value is -1.36. The third-order valence-corrected chi connectivity index (χ3v) is 4.17. The molecular weight excluding hydrogens is 297 g/mol. The zero-order valence-electron chi connectivity index (χ0n) is 10.7. The van der Waals surface area contributed by atoms with E-state index in [1.54, 1.807) is 24.4 Å².